The van der Waals surface area contributed by atoms with Crippen LogP contribution in [-0.4, -0.2) is 17.6 Å². The molecule has 0 unspecified atom stereocenters. The fraction of sp³-hybridized carbons (Fsp3) is 0.182. The van der Waals surface area contributed by atoms with E-state index in [1.54, 1.807) is 6.26 Å². The van der Waals surface area contributed by atoms with E-state index in [0.717, 1.165) is 16.7 Å². The highest BCUT2D eigenvalue weighted by Crippen LogP contribution is 2.26. The van der Waals surface area contributed by atoms with Gasteiger partial charge in [-0.2, -0.15) is 0 Å². The SMILES string of the molecule is Cl.NC(CCOc1cccc2occc12)=NO. The van der Waals surface area contributed by atoms with Crippen LogP contribution >= 0.6 is 12.4 Å². The summed E-state index contributed by atoms with van der Waals surface area (Å²) in [6.45, 7) is 0.361. The molecule has 0 fully saturated rings. The van der Waals surface area contributed by atoms with Crippen molar-refractivity contribution in [2.75, 3.05) is 6.61 Å². The summed E-state index contributed by atoms with van der Waals surface area (Å²) < 4.78 is 10.8. The third kappa shape index (κ3) is 3.04. The van der Waals surface area contributed by atoms with E-state index < -0.39 is 0 Å². The molecule has 3 N–H and O–H groups in total. The Bertz CT molecular complexity index is 510. The zero-order chi connectivity index (χ0) is 11.4. The van der Waals surface area contributed by atoms with Gasteiger partial charge in [0, 0.05) is 6.42 Å². The van der Waals surface area contributed by atoms with Gasteiger partial charge in [0.15, 0.2) is 0 Å². The highest BCUT2D eigenvalue weighted by Gasteiger charge is 2.04. The molecule has 6 heteroatoms. The molecular formula is C11H13ClN2O3. The number of furan rings is 1. The maximum absolute atomic E-state index is 8.36. The zero-order valence-electron chi connectivity index (χ0n) is 9.00. The Hall–Kier alpha value is -1.88. The minimum atomic E-state index is 0. The molecule has 1 heterocycles. The molecule has 1 aromatic heterocycles. The molecule has 0 amide bonds. The molecule has 0 saturated heterocycles. The van der Waals surface area contributed by atoms with E-state index >= 15 is 0 Å². The fourth-order valence-electron chi connectivity index (χ4n) is 1.41. The lowest BCUT2D eigenvalue weighted by Gasteiger charge is -2.05. The summed E-state index contributed by atoms with van der Waals surface area (Å²) in [6, 6.07) is 7.41. The summed E-state index contributed by atoms with van der Waals surface area (Å²) in [5.74, 6) is 0.886. The lowest BCUT2D eigenvalue weighted by Crippen LogP contribution is -2.15. The van der Waals surface area contributed by atoms with Crippen molar-refractivity contribution in [1.82, 2.24) is 0 Å². The number of amidine groups is 1. The molecule has 0 aliphatic carbocycles. The zero-order valence-corrected chi connectivity index (χ0v) is 9.81. The number of hydrogen-bond donors (Lipinski definition) is 2. The van der Waals surface area contributed by atoms with Crippen LogP contribution in [0.5, 0.6) is 5.75 Å². The number of nitrogens with zero attached hydrogens (tertiary/aromatic N) is 1. The van der Waals surface area contributed by atoms with Crippen molar-refractivity contribution < 1.29 is 14.4 Å². The third-order valence-corrected chi connectivity index (χ3v) is 2.20. The smallest absolute Gasteiger partial charge is 0.142 e. The molecule has 0 atom stereocenters. The summed E-state index contributed by atoms with van der Waals surface area (Å²) in [5.41, 5.74) is 6.11. The number of benzene rings is 1. The molecule has 5 nitrogen and oxygen atoms in total. The van der Waals surface area contributed by atoms with Gasteiger partial charge in [0.05, 0.1) is 18.3 Å². The Balaban J connectivity index is 0.00000144. The number of rotatable bonds is 4. The van der Waals surface area contributed by atoms with Gasteiger partial charge in [-0.05, 0) is 18.2 Å². The number of ether oxygens (including phenoxy) is 1. The van der Waals surface area contributed by atoms with E-state index in [4.69, 9.17) is 20.1 Å². The van der Waals surface area contributed by atoms with Gasteiger partial charge >= 0.3 is 0 Å². The van der Waals surface area contributed by atoms with Crippen LogP contribution in [0.25, 0.3) is 11.0 Å². The Morgan fingerprint density at radius 1 is 1.41 bits per heavy atom. The summed E-state index contributed by atoms with van der Waals surface area (Å²) >= 11 is 0. The van der Waals surface area contributed by atoms with Crippen LogP contribution in [0.15, 0.2) is 40.1 Å². The van der Waals surface area contributed by atoms with Crippen molar-refractivity contribution in [3.05, 3.63) is 30.5 Å². The topological polar surface area (TPSA) is 81.0 Å². The molecule has 92 valence electrons. The van der Waals surface area contributed by atoms with E-state index in [0.29, 0.717) is 13.0 Å². The van der Waals surface area contributed by atoms with Crippen molar-refractivity contribution >= 4 is 29.2 Å². The Morgan fingerprint density at radius 2 is 2.24 bits per heavy atom. The molecule has 0 aliphatic heterocycles. The second-order valence-electron chi connectivity index (χ2n) is 3.28. The molecule has 0 bridgehead atoms. The van der Waals surface area contributed by atoms with Gasteiger partial charge in [-0.3, -0.25) is 0 Å². The van der Waals surface area contributed by atoms with Gasteiger partial charge < -0.3 is 20.1 Å². The lowest BCUT2D eigenvalue weighted by molar-refractivity contribution is 0.307. The van der Waals surface area contributed by atoms with E-state index in [2.05, 4.69) is 5.16 Å². The Morgan fingerprint density at radius 3 is 3.00 bits per heavy atom. The first kappa shape index (κ1) is 13.2. The minimum absolute atomic E-state index is 0. The summed E-state index contributed by atoms with van der Waals surface area (Å²) in [6.07, 6.45) is 1.99. The van der Waals surface area contributed by atoms with Gasteiger partial charge in [-0.15, -0.1) is 12.4 Å². The van der Waals surface area contributed by atoms with Crippen LogP contribution in [0.1, 0.15) is 6.42 Å². The Labute approximate surface area is 104 Å². The number of hydrogen-bond acceptors (Lipinski definition) is 4. The molecule has 0 aliphatic rings. The summed E-state index contributed by atoms with van der Waals surface area (Å²) in [4.78, 5) is 0. The van der Waals surface area contributed by atoms with Crippen LogP contribution in [-0.2, 0) is 0 Å². The predicted octanol–water partition coefficient (Wildman–Crippen LogP) is 2.37. The largest absolute Gasteiger partial charge is 0.492 e. The average Bonchev–Trinajstić information content (AvgIpc) is 2.77. The van der Waals surface area contributed by atoms with Crippen molar-refractivity contribution in [3.8, 4) is 5.75 Å². The van der Waals surface area contributed by atoms with Gasteiger partial charge in [0.25, 0.3) is 0 Å². The normalized spacial score (nSPS) is 11.2. The standard InChI is InChI=1S/C11H12N2O3.ClH/c12-11(13-14)5-7-16-10-3-1-2-9-8(10)4-6-15-9;/h1-4,6,14H,5,7H2,(H2,12,13);1H. The van der Waals surface area contributed by atoms with Crippen LogP contribution in [0, 0.1) is 0 Å². The average molecular weight is 257 g/mol. The van der Waals surface area contributed by atoms with E-state index in [1.165, 1.54) is 0 Å². The third-order valence-electron chi connectivity index (χ3n) is 2.20. The van der Waals surface area contributed by atoms with Gasteiger partial charge in [-0.1, -0.05) is 11.2 Å². The number of fused-ring (bicyclic) bond motifs is 1. The number of oxime groups is 1. The first-order valence-electron chi connectivity index (χ1n) is 4.86. The van der Waals surface area contributed by atoms with Crippen molar-refractivity contribution in [3.63, 3.8) is 0 Å². The van der Waals surface area contributed by atoms with Gasteiger partial charge in [0.2, 0.25) is 0 Å². The second kappa shape index (κ2) is 6.00. The van der Waals surface area contributed by atoms with Crippen LogP contribution in [0.3, 0.4) is 0 Å². The van der Waals surface area contributed by atoms with Crippen molar-refractivity contribution in [1.29, 1.82) is 0 Å². The molecule has 0 spiro atoms. The van der Waals surface area contributed by atoms with E-state index in [1.807, 2.05) is 24.3 Å². The van der Waals surface area contributed by atoms with Crippen LogP contribution < -0.4 is 10.5 Å². The quantitative estimate of drug-likeness (QED) is 0.381. The molecule has 0 saturated carbocycles. The molecular weight excluding hydrogens is 244 g/mol. The summed E-state index contributed by atoms with van der Waals surface area (Å²) in [7, 11) is 0. The molecule has 2 aromatic rings. The lowest BCUT2D eigenvalue weighted by atomic mass is 10.2. The fourth-order valence-corrected chi connectivity index (χ4v) is 1.41. The van der Waals surface area contributed by atoms with Gasteiger partial charge in [-0.25, -0.2) is 0 Å². The summed E-state index contributed by atoms with van der Waals surface area (Å²) in [5, 5.41) is 12.1. The van der Waals surface area contributed by atoms with Gasteiger partial charge in [0.1, 0.15) is 17.2 Å². The molecule has 0 radical (unpaired) electrons. The maximum atomic E-state index is 8.36. The molecule has 2 rings (SSSR count). The van der Waals surface area contributed by atoms with Crippen molar-refractivity contribution in [2.24, 2.45) is 10.9 Å². The molecule has 1 aromatic carbocycles. The number of nitrogens with two attached hydrogens (primary N) is 1. The first-order valence-corrected chi connectivity index (χ1v) is 4.86. The maximum Gasteiger partial charge on any atom is 0.142 e. The predicted molar refractivity (Wildman–Crippen MR) is 67.0 cm³/mol. The monoisotopic (exact) mass is 256 g/mol. The minimum Gasteiger partial charge on any atom is -0.492 e. The number of halogens is 1. The molecule has 17 heavy (non-hydrogen) atoms. The highest BCUT2D eigenvalue weighted by atomic mass is 35.5. The first-order chi connectivity index (χ1) is 7.81. The van der Waals surface area contributed by atoms with E-state index in [9.17, 15) is 0 Å². The Kier molecular flexibility index (Phi) is 4.66. The van der Waals surface area contributed by atoms with E-state index in [-0.39, 0.29) is 18.2 Å². The van der Waals surface area contributed by atoms with Crippen molar-refractivity contribution in [2.45, 2.75) is 6.42 Å². The van der Waals surface area contributed by atoms with Crippen LogP contribution in [0.2, 0.25) is 0 Å². The highest BCUT2D eigenvalue weighted by molar-refractivity contribution is 5.85. The second-order valence-corrected chi connectivity index (χ2v) is 3.28. The van der Waals surface area contributed by atoms with Crippen LogP contribution in [0.4, 0.5) is 0 Å².